The number of fused-ring (bicyclic) bond motifs is 1. The van der Waals surface area contributed by atoms with Crippen LogP contribution in [0.3, 0.4) is 0 Å². The molecule has 122 valence electrons. The first kappa shape index (κ1) is 14.5. The van der Waals surface area contributed by atoms with Gasteiger partial charge in [-0.25, -0.2) is 0 Å². The van der Waals surface area contributed by atoms with Gasteiger partial charge in [0, 0.05) is 37.1 Å². The Morgan fingerprint density at radius 2 is 2.21 bits per heavy atom. The molecule has 0 bridgehead atoms. The molecule has 2 aliphatic rings. The molecule has 2 amide bonds. The van der Waals surface area contributed by atoms with E-state index in [-0.39, 0.29) is 17.9 Å². The minimum Gasteiger partial charge on any atom is -0.353 e. The summed E-state index contributed by atoms with van der Waals surface area (Å²) >= 11 is 0. The van der Waals surface area contributed by atoms with Gasteiger partial charge in [-0.05, 0) is 23.8 Å². The number of anilines is 2. The molecule has 1 aromatic carbocycles. The largest absolute Gasteiger partial charge is 0.353 e. The zero-order valence-electron chi connectivity index (χ0n) is 13.0. The van der Waals surface area contributed by atoms with Crippen molar-refractivity contribution in [2.45, 2.75) is 12.6 Å². The first-order chi connectivity index (χ1) is 11.7. The lowest BCUT2D eigenvalue weighted by atomic mass is 10.1. The van der Waals surface area contributed by atoms with Crippen molar-refractivity contribution < 1.29 is 9.59 Å². The fraction of sp³-hybridized carbons (Fsp3) is 0.235. The molecular weight excluding hydrogens is 306 g/mol. The number of aromatic nitrogens is 2. The molecule has 3 heterocycles. The van der Waals surface area contributed by atoms with Crippen LogP contribution in [0.2, 0.25) is 0 Å². The second-order valence-electron chi connectivity index (χ2n) is 6.02. The molecule has 0 saturated carbocycles. The van der Waals surface area contributed by atoms with Crippen molar-refractivity contribution in [3.05, 3.63) is 54.4 Å². The van der Waals surface area contributed by atoms with Crippen molar-refractivity contribution in [3.63, 3.8) is 0 Å². The van der Waals surface area contributed by atoms with E-state index in [1.54, 1.807) is 17.3 Å². The molecule has 1 fully saturated rings. The third-order valence-corrected chi connectivity index (χ3v) is 4.52. The summed E-state index contributed by atoms with van der Waals surface area (Å²) in [5, 5.41) is 9.83. The van der Waals surface area contributed by atoms with Gasteiger partial charge in [0.15, 0.2) is 0 Å². The second kappa shape index (κ2) is 5.52. The fourth-order valence-corrected chi connectivity index (χ4v) is 3.14. The van der Waals surface area contributed by atoms with Crippen LogP contribution in [0.1, 0.15) is 15.9 Å². The summed E-state index contributed by atoms with van der Waals surface area (Å²) in [6, 6.07) is 5.88. The molecule has 0 aliphatic carbocycles. The average Bonchev–Trinajstić information content (AvgIpc) is 3.15. The van der Waals surface area contributed by atoms with E-state index in [9.17, 15) is 9.59 Å². The topological polar surface area (TPSA) is 81.3 Å². The highest BCUT2D eigenvalue weighted by Crippen LogP contribution is 2.30. The Kier molecular flexibility index (Phi) is 3.34. The predicted molar refractivity (Wildman–Crippen MR) is 88.8 cm³/mol. The van der Waals surface area contributed by atoms with Gasteiger partial charge < -0.3 is 15.1 Å². The highest BCUT2D eigenvalue weighted by atomic mass is 16.2. The molecule has 0 atom stereocenters. The number of hydrogen-bond acceptors (Lipinski definition) is 4. The first-order valence-corrected chi connectivity index (χ1v) is 7.77. The molecule has 2 aromatic rings. The Bertz CT molecular complexity index is 808. The van der Waals surface area contributed by atoms with Gasteiger partial charge in [-0.15, -0.1) is 0 Å². The van der Waals surface area contributed by atoms with E-state index < -0.39 is 0 Å². The Balaban J connectivity index is 1.47. The molecule has 7 heteroatoms. The molecule has 0 spiro atoms. The van der Waals surface area contributed by atoms with E-state index in [4.69, 9.17) is 0 Å². The lowest BCUT2D eigenvalue weighted by Gasteiger charge is -2.43. The number of amides is 2. The number of hydrogen-bond donors (Lipinski definition) is 2. The van der Waals surface area contributed by atoms with Crippen molar-refractivity contribution in [1.29, 1.82) is 0 Å². The van der Waals surface area contributed by atoms with E-state index in [1.807, 2.05) is 23.1 Å². The molecule has 0 unspecified atom stereocenters. The van der Waals surface area contributed by atoms with E-state index in [0.717, 1.165) is 22.5 Å². The average molecular weight is 323 g/mol. The Morgan fingerprint density at radius 1 is 1.38 bits per heavy atom. The van der Waals surface area contributed by atoms with E-state index in [2.05, 4.69) is 22.1 Å². The molecule has 2 aliphatic heterocycles. The quantitative estimate of drug-likeness (QED) is 0.836. The van der Waals surface area contributed by atoms with Crippen LogP contribution in [0.5, 0.6) is 0 Å². The smallest absolute Gasteiger partial charge is 0.254 e. The van der Waals surface area contributed by atoms with Gasteiger partial charge in [-0.2, -0.15) is 5.10 Å². The van der Waals surface area contributed by atoms with Crippen LogP contribution >= 0.6 is 0 Å². The second-order valence-corrected chi connectivity index (χ2v) is 6.02. The normalized spacial score (nSPS) is 16.8. The summed E-state index contributed by atoms with van der Waals surface area (Å²) in [6.45, 7) is 5.23. The molecule has 1 aromatic heterocycles. The predicted octanol–water partition coefficient (Wildman–Crippen LogP) is 1.51. The summed E-state index contributed by atoms with van der Waals surface area (Å²) in [7, 11) is 0. The highest BCUT2D eigenvalue weighted by Gasteiger charge is 2.40. The number of rotatable bonds is 4. The van der Waals surface area contributed by atoms with Crippen LogP contribution < -0.4 is 5.32 Å². The van der Waals surface area contributed by atoms with Crippen LogP contribution in [0.25, 0.3) is 0 Å². The summed E-state index contributed by atoms with van der Waals surface area (Å²) in [5.41, 5.74) is 3.43. The van der Waals surface area contributed by atoms with Crippen LogP contribution in [-0.4, -0.2) is 50.9 Å². The van der Waals surface area contributed by atoms with Gasteiger partial charge >= 0.3 is 0 Å². The fourth-order valence-electron chi connectivity index (χ4n) is 3.14. The van der Waals surface area contributed by atoms with Crippen molar-refractivity contribution >= 4 is 23.2 Å². The molecule has 24 heavy (non-hydrogen) atoms. The summed E-state index contributed by atoms with van der Waals surface area (Å²) in [6.07, 6.45) is 4.74. The minimum atomic E-state index is -0.0815. The Labute approximate surface area is 138 Å². The number of carbonyl (C=O) groups excluding carboxylic acids is 2. The van der Waals surface area contributed by atoms with Gasteiger partial charge in [0.1, 0.15) is 0 Å². The van der Waals surface area contributed by atoms with Crippen molar-refractivity contribution in [1.82, 2.24) is 20.0 Å². The van der Waals surface area contributed by atoms with E-state index in [0.29, 0.717) is 19.6 Å². The van der Waals surface area contributed by atoms with Gasteiger partial charge in [-0.1, -0.05) is 12.6 Å². The number of carbonyl (C=O) groups is 2. The minimum absolute atomic E-state index is 0.0246. The monoisotopic (exact) mass is 323 g/mol. The van der Waals surface area contributed by atoms with Gasteiger partial charge in [0.2, 0.25) is 5.91 Å². The van der Waals surface area contributed by atoms with Crippen molar-refractivity contribution in [3.8, 4) is 0 Å². The summed E-state index contributed by atoms with van der Waals surface area (Å²) < 4.78 is 0. The SMILES string of the molecule is C=CC(=O)N1CC(N2Cc3ccc(Nc4cn[nH]c4)cc3C2=O)C1. The number of aromatic amines is 1. The van der Waals surface area contributed by atoms with Crippen molar-refractivity contribution in [2.24, 2.45) is 0 Å². The number of likely N-dealkylation sites (tertiary alicyclic amines) is 1. The van der Waals surface area contributed by atoms with Gasteiger partial charge in [-0.3, -0.25) is 14.7 Å². The molecular formula is C17H17N5O2. The van der Waals surface area contributed by atoms with Crippen molar-refractivity contribution in [2.75, 3.05) is 18.4 Å². The number of benzene rings is 1. The summed E-state index contributed by atoms with van der Waals surface area (Å²) in [5.74, 6) is -0.0569. The molecule has 4 rings (SSSR count). The van der Waals surface area contributed by atoms with Crippen LogP contribution in [-0.2, 0) is 11.3 Å². The molecule has 2 N–H and O–H groups in total. The summed E-state index contributed by atoms with van der Waals surface area (Å²) in [4.78, 5) is 27.8. The number of nitrogens with zero attached hydrogens (tertiary/aromatic N) is 3. The van der Waals surface area contributed by atoms with Crippen LogP contribution in [0.15, 0.2) is 43.2 Å². The lowest BCUT2D eigenvalue weighted by molar-refractivity contribution is -0.132. The zero-order chi connectivity index (χ0) is 16.7. The van der Waals surface area contributed by atoms with Crippen LogP contribution in [0.4, 0.5) is 11.4 Å². The number of nitrogens with one attached hydrogen (secondary N) is 2. The molecule has 0 radical (unpaired) electrons. The maximum absolute atomic E-state index is 12.7. The standard InChI is InChI=1S/C17H17N5O2/c1-2-16(23)21-9-14(10-21)22-8-11-3-4-12(5-15(11)17(22)24)20-13-6-18-19-7-13/h2-7,14,20H,1,8-10H2,(H,18,19). The molecule has 7 nitrogen and oxygen atoms in total. The third-order valence-electron chi connectivity index (χ3n) is 4.52. The first-order valence-electron chi connectivity index (χ1n) is 7.77. The highest BCUT2D eigenvalue weighted by molar-refractivity contribution is 6.00. The number of H-pyrrole nitrogens is 1. The Hall–Kier alpha value is -3.09. The van der Waals surface area contributed by atoms with E-state index >= 15 is 0 Å². The maximum atomic E-state index is 12.7. The zero-order valence-corrected chi connectivity index (χ0v) is 13.0. The van der Waals surface area contributed by atoms with Gasteiger partial charge in [0.05, 0.1) is 17.9 Å². The lowest BCUT2D eigenvalue weighted by Crippen LogP contribution is -2.60. The third kappa shape index (κ3) is 2.34. The van der Waals surface area contributed by atoms with Gasteiger partial charge in [0.25, 0.3) is 5.91 Å². The van der Waals surface area contributed by atoms with Crippen LogP contribution in [0, 0.1) is 0 Å². The Morgan fingerprint density at radius 3 is 2.92 bits per heavy atom. The molecule has 1 saturated heterocycles. The van der Waals surface area contributed by atoms with E-state index in [1.165, 1.54) is 6.08 Å². The maximum Gasteiger partial charge on any atom is 0.254 e.